The maximum Gasteiger partial charge on any atom is 0.491 e. The highest BCUT2D eigenvalue weighted by Gasteiger charge is 2.18. The van der Waals surface area contributed by atoms with Gasteiger partial charge in [0.05, 0.1) is 28.7 Å². The number of benzene rings is 8. The number of methoxy groups -OCH3 is 2. The predicted octanol–water partition coefficient (Wildman–Crippen LogP) is 11.4. The van der Waals surface area contributed by atoms with Crippen molar-refractivity contribution in [1.82, 2.24) is 0 Å². The minimum Gasteiger partial charge on any atom is -0.496 e. The first-order valence-electron chi connectivity index (χ1n) is 16.0. The standard InChI is InChI=1S/C21H14ClFO.C15H11BrO.C6H5BClFO2/c1-24-20-11-14-10-9-13-5-2-3-6-15(13)17(14)12-18(20)16-7-4-8-19(22)21(16)23;1-17-15-8-11-7-6-10-4-2-3-5-12(10)13(11)9-14(15)16;8-5-3-1-2-4(6(5)9)7(10)11/h2-12H,1H3;2-9H,1H3;1-3,10-11H. The van der Waals surface area contributed by atoms with Gasteiger partial charge < -0.3 is 19.5 Å². The van der Waals surface area contributed by atoms with Crippen LogP contribution < -0.4 is 14.9 Å². The van der Waals surface area contributed by atoms with Crippen molar-refractivity contribution in [2.75, 3.05) is 14.2 Å². The van der Waals surface area contributed by atoms with E-state index >= 15 is 0 Å². The SMILES string of the molecule is COc1cc2ccc3ccccc3c2cc1-c1cccc(Cl)c1F.COc1cc2ccc3ccccc3c2cc1Br.OB(O)c1cccc(Cl)c1F. The molecule has 0 radical (unpaired) electrons. The van der Waals surface area contributed by atoms with Gasteiger partial charge in [-0.3, -0.25) is 0 Å². The predicted molar refractivity (Wildman–Crippen MR) is 215 cm³/mol. The second-order valence-corrected chi connectivity index (χ2v) is 13.3. The molecule has 8 aromatic carbocycles. The average Bonchev–Trinajstić information content (AvgIpc) is 3.16. The van der Waals surface area contributed by atoms with Crippen LogP contribution in [0.3, 0.4) is 0 Å². The summed E-state index contributed by atoms with van der Waals surface area (Å²) in [5.41, 5.74) is 0.924. The van der Waals surface area contributed by atoms with Crippen LogP contribution in [-0.4, -0.2) is 31.4 Å². The molecule has 0 atom stereocenters. The molecule has 0 amide bonds. The Bertz CT molecular complexity index is 2570. The topological polar surface area (TPSA) is 58.9 Å². The maximum atomic E-state index is 14.5. The van der Waals surface area contributed by atoms with Crippen molar-refractivity contribution in [1.29, 1.82) is 0 Å². The van der Waals surface area contributed by atoms with Crippen LogP contribution in [0, 0.1) is 11.6 Å². The lowest BCUT2D eigenvalue weighted by molar-refractivity contribution is 0.413. The molecule has 52 heavy (non-hydrogen) atoms. The van der Waals surface area contributed by atoms with Gasteiger partial charge in [0.1, 0.15) is 23.1 Å². The van der Waals surface area contributed by atoms with Crippen molar-refractivity contribution in [3.05, 3.63) is 160 Å². The molecule has 0 bridgehead atoms. The Balaban J connectivity index is 0.000000145. The molecular formula is C42H30BBrCl2F2O4. The van der Waals surface area contributed by atoms with Gasteiger partial charge in [0, 0.05) is 16.6 Å². The van der Waals surface area contributed by atoms with E-state index in [1.807, 2.05) is 24.3 Å². The van der Waals surface area contributed by atoms with Crippen LogP contribution in [0.5, 0.6) is 11.5 Å². The molecule has 0 unspecified atom stereocenters. The number of hydrogen-bond donors (Lipinski definition) is 2. The Morgan fingerprint density at radius 2 is 1.02 bits per heavy atom. The van der Waals surface area contributed by atoms with Crippen LogP contribution in [0.25, 0.3) is 54.2 Å². The van der Waals surface area contributed by atoms with E-state index < -0.39 is 18.8 Å². The zero-order chi connectivity index (χ0) is 36.9. The molecule has 0 heterocycles. The normalized spacial score (nSPS) is 10.8. The molecule has 0 aromatic heterocycles. The van der Waals surface area contributed by atoms with Crippen LogP contribution in [0.2, 0.25) is 10.0 Å². The fraction of sp³-hybridized carbons (Fsp3) is 0.0476. The van der Waals surface area contributed by atoms with Crippen molar-refractivity contribution >= 4 is 94.8 Å². The van der Waals surface area contributed by atoms with Crippen LogP contribution in [-0.2, 0) is 0 Å². The van der Waals surface area contributed by atoms with Crippen molar-refractivity contribution in [3.8, 4) is 22.6 Å². The monoisotopic (exact) mass is 796 g/mol. The fourth-order valence-corrected chi connectivity index (χ4v) is 6.87. The van der Waals surface area contributed by atoms with E-state index in [0.29, 0.717) is 16.9 Å². The molecule has 2 N–H and O–H groups in total. The highest BCUT2D eigenvalue weighted by Crippen LogP contribution is 2.39. The third-order valence-electron chi connectivity index (χ3n) is 8.58. The van der Waals surface area contributed by atoms with Gasteiger partial charge in [-0.2, -0.15) is 0 Å². The summed E-state index contributed by atoms with van der Waals surface area (Å²) >= 11 is 14.9. The van der Waals surface area contributed by atoms with Crippen molar-refractivity contribution in [2.24, 2.45) is 0 Å². The summed E-state index contributed by atoms with van der Waals surface area (Å²) in [4.78, 5) is 0. The molecule has 8 rings (SSSR count). The van der Waals surface area contributed by atoms with E-state index in [2.05, 4.69) is 88.7 Å². The highest BCUT2D eigenvalue weighted by atomic mass is 79.9. The maximum absolute atomic E-state index is 14.5. The number of hydrogen-bond acceptors (Lipinski definition) is 4. The molecule has 0 saturated carbocycles. The van der Waals surface area contributed by atoms with Crippen LogP contribution >= 0.6 is 39.1 Å². The summed E-state index contributed by atoms with van der Waals surface area (Å²) in [5.74, 6) is 0.271. The zero-order valence-corrected chi connectivity index (χ0v) is 31.0. The first kappa shape index (κ1) is 37.1. The lowest BCUT2D eigenvalue weighted by atomic mass is 9.80. The molecular weight excluding hydrogens is 768 g/mol. The fourth-order valence-electron chi connectivity index (χ4n) is 6.01. The zero-order valence-electron chi connectivity index (χ0n) is 27.9. The Morgan fingerprint density at radius 1 is 0.519 bits per heavy atom. The number of halogens is 5. The largest absolute Gasteiger partial charge is 0.496 e. The average molecular weight is 798 g/mol. The molecule has 10 heteroatoms. The van der Waals surface area contributed by atoms with Gasteiger partial charge in [0.15, 0.2) is 0 Å². The summed E-state index contributed by atoms with van der Waals surface area (Å²) < 4.78 is 39.1. The third kappa shape index (κ3) is 7.72. The van der Waals surface area contributed by atoms with Crippen molar-refractivity contribution in [3.63, 3.8) is 0 Å². The Hall–Kier alpha value is -4.70. The third-order valence-corrected chi connectivity index (χ3v) is 9.79. The summed E-state index contributed by atoms with van der Waals surface area (Å²) in [5, 5.41) is 26.5. The smallest absolute Gasteiger partial charge is 0.491 e. The van der Waals surface area contributed by atoms with E-state index in [4.69, 9.17) is 42.7 Å². The molecule has 4 nitrogen and oxygen atoms in total. The number of fused-ring (bicyclic) bond motifs is 6. The summed E-state index contributed by atoms with van der Waals surface area (Å²) in [7, 11) is 1.47. The molecule has 0 fully saturated rings. The molecule has 0 aliphatic heterocycles. The lowest BCUT2D eigenvalue weighted by Crippen LogP contribution is -2.32. The molecule has 260 valence electrons. The van der Waals surface area contributed by atoms with Gasteiger partial charge in [0.25, 0.3) is 0 Å². The van der Waals surface area contributed by atoms with Crippen LogP contribution in [0.1, 0.15) is 0 Å². The van der Waals surface area contributed by atoms with E-state index in [0.717, 1.165) is 31.8 Å². The minimum absolute atomic E-state index is 0.104. The molecule has 0 aliphatic carbocycles. The van der Waals surface area contributed by atoms with Crippen LogP contribution in [0.4, 0.5) is 8.78 Å². The summed E-state index contributed by atoms with van der Waals surface area (Å²) in [6.45, 7) is 0. The first-order chi connectivity index (χ1) is 25.1. The Labute approximate surface area is 318 Å². The van der Waals surface area contributed by atoms with Gasteiger partial charge in [0.2, 0.25) is 0 Å². The molecule has 0 spiro atoms. The van der Waals surface area contributed by atoms with Gasteiger partial charge in [-0.15, -0.1) is 0 Å². The van der Waals surface area contributed by atoms with E-state index in [9.17, 15) is 8.78 Å². The number of rotatable bonds is 4. The molecule has 0 saturated heterocycles. The second kappa shape index (κ2) is 16.3. The minimum atomic E-state index is -1.81. The first-order valence-corrected chi connectivity index (χ1v) is 17.5. The van der Waals surface area contributed by atoms with Gasteiger partial charge in [-0.25, -0.2) is 8.78 Å². The van der Waals surface area contributed by atoms with Gasteiger partial charge >= 0.3 is 7.12 Å². The Kier molecular flexibility index (Phi) is 11.6. The Morgan fingerprint density at radius 3 is 1.58 bits per heavy atom. The van der Waals surface area contributed by atoms with E-state index in [-0.39, 0.29) is 15.5 Å². The summed E-state index contributed by atoms with van der Waals surface area (Å²) in [6, 6.07) is 42.1. The van der Waals surface area contributed by atoms with Gasteiger partial charge in [-0.05, 0) is 95.4 Å². The quantitative estimate of drug-likeness (QED) is 0.138. The van der Waals surface area contributed by atoms with E-state index in [1.54, 1.807) is 32.4 Å². The molecule has 0 aliphatic rings. The van der Waals surface area contributed by atoms with E-state index in [1.165, 1.54) is 39.7 Å². The lowest BCUT2D eigenvalue weighted by Gasteiger charge is -2.13. The second-order valence-electron chi connectivity index (χ2n) is 11.7. The van der Waals surface area contributed by atoms with Crippen molar-refractivity contribution < 1.29 is 28.3 Å². The number of ether oxygens (including phenoxy) is 2. The van der Waals surface area contributed by atoms with Crippen molar-refractivity contribution in [2.45, 2.75) is 0 Å². The van der Waals surface area contributed by atoms with Gasteiger partial charge in [-0.1, -0.05) is 120 Å². The molecule has 8 aromatic rings. The summed E-state index contributed by atoms with van der Waals surface area (Å²) in [6.07, 6.45) is 0. The highest BCUT2D eigenvalue weighted by molar-refractivity contribution is 9.10. The van der Waals surface area contributed by atoms with Crippen LogP contribution in [0.15, 0.2) is 138 Å².